The molecule has 0 bridgehead atoms. The highest BCUT2D eigenvalue weighted by Crippen LogP contribution is 2.18. The predicted octanol–water partition coefficient (Wildman–Crippen LogP) is 1.70. The number of hydrogen-bond acceptors (Lipinski definition) is 3. The molecule has 2 rings (SSSR count). The lowest BCUT2D eigenvalue weighted by Crippen LogP contribution is -2.38. The number of hydrogen-bond donors (Lipinski definition) is 2. The van der Waals surface area contributed by atoms with Crippen LogP contribution in [0.2, 0.25) is 0 Å². The van der Waals surface area contributed by atoms with E-state index in [0.717, 1.165) is 36.2 Å². The van der Waals surface area contributed by atoms with Crippen molar-refractivity contribution in [2.75, 3.05) is 25.0 Å². The number of nitrogens with one attached hydrogen (secondary N) is 1. The van der Waals surface area contributed by atoms with Gasteiger partial charge in [0.15, 0.2) is 0 Å². The molecule has 0 radical (unpaired) electrons. The van der Waals surface area contributed by atoms with E-state index in [4.69, 9.17) is 0 Å². The lowest BCUT2D eigenvalue weighted by atomic mass is 10.1. The number of aliphatic hydroxyl groups excluding tert-OH is 1. The second-order valence-corrected chi connectivity index (χ2v) is 5.32. The Bertz CT molecular complexity index is 459. The Morgan fingerprint density at radius 2 is 2.26 bits per heavy atom. The van der Waals surface area contributed by atoms with Crippen LogP contribution in [0.25, 0.3) is 0 Å². The van der Waals surface area contributed by atoms with Crippen molar-refractivity contribution in [1.29, 1.82) is 0 Å². The van der Waals surface area contributed by atoms with Gasteiger partial charge in [0.25, 0.3) is 0 Å². The van der Waals surface area contributed by atoms with E-state index in [9.17, 15) is 9.90 Å². The summed E-state index contributed by atoms with van der Waals surface area (Å²) < 4.78 is 0. The number of carbonyl (C=O) groups excluding carboxylic acids is 1. The van der Waals surface area contributed by atoms with E-state index in [-0.39, 0.29) is 18.6 Å². The third-order valence-electron chi connectivity index (χ3n) is 3.72. The molecule has 0 aromatic heterocycles. The standard InChI is InChI=1S/C15H22N2O2/c1-11-5-6-12(2)14(8-11)16-15(19)9-17-7-3-4-13(17)10-18/h5-6,8,13,18H,3-4,7,9-10H2,1-2H3,(H,16,19)/t13-/m0/s1. The number of likely N-dealkylation sites (tertiary alicyclic amines) is 1. The van der Waals surface area contributed by atoms with Gasteiger partial charge in [-0.05, 0) is 50.4 Å². The van der Waals surface area contributed by atoms with Gasteiger partial charge in [0.1, 0.15) is 0 Å². The predicted molar refractivity (Wildman–Crippen MR) is 76.2 cm³/mol. The minimum absolute atomic E-state index is 0.00551. The molecule has 4 heteroatoms. The number of carbonyl (C=O) groups is 1. The van der Waals surface area contributed by atoms with Crippen molar-refractivity contribution in [3.8, 4) is 0 Å². The highest BCUT2D eigenvalue weighted by atomic mass is 16.3. The third kappa shape index (κ3) is 3.55. The quantitative estimate of drug-likeness (QED) is 0.868. The second kappa shape index (κ2) is 6.17. The molecule has 1 atom stereocenters. The summed E-state index contributed by atoms with van der Waals surface area (Å²) >= 11 is 0. The van der Waals surface area contributed by atoms with Crippen LogP contribution in [0.3, 0.4) is 0 Å². The largest absolute Gasteiger partial charge is 0.395 e. The number of benzene rings is 1. The first-order valence-electron chi connectivity index (χ1n) is 6.82. The maximum absolute atomic E-state index is 12.1. The van der Waals surface area contributed by atoms with Crippen LogP contribution in [0, 0.1) is 13.8 Å². The molecule has 1 aromatic rings. The van der Waals surface area contributed by atoms with Crippen LogP contribution >= 0.6 is 0 Å². The molecule has 1 aromatic carbocycles. The van der Waals surface area contributed by atoms with Gasteiger partial charge in [0.05, 0.1) is 13.2 Å². The zero-order valence-electron chi connectivity index (χ0n) is 11.6. The minimum Gasteiger partial charge on any atom is -0.395 e. The molecule has 1 amide bonds. The van der Waals surface area contributed by atoms with Crippen molar-refractivity contribution < 1.29 is 9.90 Å². The van der Waals surface area contributed by atoms with E-state index in [2.05, 4.69) is 10.2 Å². The van der Waals surface area contributed by atoms with E-state index >= 15 is 0 Å². The molecule has 19 heavy (non-hydrogen) atoms. The maximum atomic E-state index is 12.1. The van der Waals surface area contributed by atoms with Crippen molar-refractivity contribution in [3.05, 3.63) is 29.3 Å². The molecule has 2 N–H and O–H groups in total. The first kappa shape index (κ1) is 14.0. The Hall–Kier alpha value is -1.39. The fourth-order valence-electron chi connectivity index (χ4n) is 2.55. The summed E-state index contributed by atoms with van der Waals surface area (Å²) in [4.78, 5) is 14.1. The van der Waals surface area contributed by atoms with Gasteiger partial charge in [0.2, 0.25) is 5.91 Å². The van der Waals surface area contributed by atoms with Crippen molar-refractivity contribution in [1.82, 2.24) is 4.90 Å². The van der Waals surface area contributed by atoms with Gasteiger partial charge in [-0.3, -0.25) is 9.69 Å². The molecule has 0 unspecified atom stereocenters. The molecular formula is C15H22N2O2. The number of nitrogens with zero attached hydrogens (tertiary/aromatic N) is 1. The highest BCUT2D eigenvalue weighted by Gasteiger charge is 2.25. The Labute approximate surface area is 114 Å². The van der Waals surface area contributed by atoms with Crippen molar-refractivity contribution in [2.45, 2.75) is 32.7 Å². The van der Waals surface area contributed by atoms with E-state index in [1.807, 2.05) is 32.0 Å². The second-order valence-electron chi connectivity index (χ2n) is 5.32. The maximum Gasteiger partial charge on any atom is 0.238 e. The average molecular weight is 262 g/mol. The van der Waals surface area contributed by atoms with Crippen LogP contribution < -0.4 is 5.32 Å². The highest BCUT2D eigenvalue weighted by molar-refractivity contribution is 5.93. The van der Waals surface area contributed by atoms with Gasteiger partial charge in [-0.15, -0.1) is 0 Å². The average Bonchev–Trinajstić information content (AvgIpc) is 2.81. The molecular weight excluding hydrogens is 240 g/mol. The summed E-state index contributed by atoms with van der Waals surface area (Å²) in [7, 11) is 0. The molecule has 0 spiro atoms. The molecule has 0 aliphatic carbocycles. The summed E-state index contributed by atoms with van der Waals surface area (Å²) in [6.07, 6.45) is 2.04. The SMILES string of the molecule is Cc1ccc(C)c(NC(=O)CN2CCC[C@H]2CO)c1. The molecule has 1 saturated heterocycles. The van der Waals surface area contributed by atoms with Gasteiger partial charge in [-0.2, -0.15) is 0 Å². The lowest BCUT2D eigenvalue weighted by Gasteiger charge is -2.22. The molecule has 1 aliphatic heterocycles. The van der Waals surface area contributed by atoms with Crippen LogP contribution in [-0.4, -0.2) is 41.7 Å². The molecule has 0 saturated carbocycles. The summed E-state index contributed by atoms with van der Waals surface area (Å²) in [5.74, 6) is -0.00551. The number of anilines is 1. The van der Waals surface area contributed by atoms with E-state index in [0.29, 0.717) is 6.54 Å². The van der Waals surface area contributed by atoms with E-state index in [1.165, 1.54) is 0 Å². The van der Waals surface area contributed by atoms with E-state index < -0.39 is 0 Å². The number of amides is 1. The van der Waals surface area contributed by atoms with Crippen molar-refractivity contribution in [3.63, 3.8) is 0 Å². The van der Waals surface area contributed by atoms with Crippen LogP contribution in [0.4, 0.5) is 5.69 Å². The molecule has 1 aliphatic rings. The molecule has 1 heterocycles. The normalized spacial score (nSPS) is 19.6. The zero-order chi connectivity index (χ0) is 13.8. The Morgan fingerprint density at radius 3 is 3.00 bits per heavy atom. The van der Waals surface area contributed by atoms with Gasteiger partial charge in [-0.25, -0.2) is 0 Å². The van der Waals surface area contributed by atoms with Crippen LogP contribution in [0.1, 0.15) is 24.0 Å². The Balaban J connectivity index is 1.95. The first-order valence-corrected chi connectivity index (χ1v) is 6.82. The van der Waals surface area contributed by atoms with Crippen LogP contribution in [0.5, 0.6) is 0 Å². The number of aliphatic hydroxyl groups is 1. The fraction of sp³-hybridized carbons (Fsp3) is 0.533. The first-order chi connectivity index (χ1) is 9.10. The van der Waals surface area contributed by atoms with Crippen molar-refractivity contribution in [2.24, 2.45) is 0 Å². The van der Waals surface area contributed by atoms with Crippen molar-refractivity contribution >= 4 is 11.6 Å². The Morgan fingerprint density at radius 1 is 1.47 bits per heavy atom. The summed E-state index contributed by atoms with van der Waals surface area (Å²) in [5.41, 5.74) is 3.08. The van der Waals surface area contributed by atoms with Gasteiger partial charge >= 0.3 is 0 Å². The van der Waals surface area contributed by atoms with Crippen LogP contribution in [0.15, 0.2) is 18.2 Å². The van der Waals surface area contributed by atoms with Gasteiger partial charge in [-0.1, -0.05) is 12.1 Å². The fourth-order valence-corrected chi connectivity index (χ4v) is 2.55. The van der Waals surface area contributed by atoms with E-state index in [1.54, 1.807) is 0 Å². The van der Waals surface area contributed by atoms with Crippen LogP contribution in [-0.2, 0) is 4.79 Å². The zero-order valence-corrected chi connectivity index (χ0v) is 11.6. The minimum atomic E-state index is -0.00551. The molecule has 104 valence electrons. The summed E-state index contributed by atoms with van der Waals surface area (Å²) in [5, 5.41) is 12.2. The van der Waals surface area contributed by atoms with Gasteiger partial charge < -0.3 is 10.4 Å². The van der Waals surface area contributed by atoms with Gasteiger partial charge in [0, 0.05) is 11.7 Å². The smallest absolute Gasteiger partial charge is 0.238 e. The topological polar surface area (TPSA) is 52.6 Å². The summed E-state index contributed by atoms with van der Waals surface area (Å²) in [6, 6.07) is 6.18. The number of aryl methyl sites for hydroxylation is 2. The Kier molecular flexibility index (Phi) is 4.56. The summed E-state index contributed by atoms with van der Waals surface area (Å²) in [6.45, 7) is 5.39. The molecule has 1 fully saturated rings. The number of rotatable bonds is 4. The monoisotopic (exact) mass is 262 g/mol. The molecule has 4 nitrogen and oxygen atoms in total. The third-order valence-corrected chi connectivity index (χ3v) is 3.72. The lowest BCUT2D eigenvalue weighted by molar-refractivity contribution is -0.117.